The Kier molecular flexibility index (Phi) is 5.86. The molecule has 1 atom stereocenters. The smallest absolute Gasteiger partial charge is 0.165 e. The molecule has 172 valence electrons. The first kappa shape index (κ1) is 22.9. The molecular weight excluding hydrogens is 515 g/mol. The van der Waals surface area contributed by atoms with Gasteiger partial charge in [-0.25, -0.2) is 4.39 Å². The fraction of sp³-hybridized carbons (Fsp3) is 0.179. The average Bonchev–Trinajstić information content (AvgIpc) is 3.19. The lowest BCUT2D eigenvalue weighted by molar-refractivity contribution is 0.0891. The predicted octanol–water partition coefficient (Wildman–Crippen LogP) is 8.47. The van der Waals surface area contributed by atoms with Crippen LogP contribution in [0.2, 0.25) is 5.02 Å². The number of fused-ring (bicyclic) bond motifs is 1. The summed E-state index contributed by atoms with van der Waals surface area (Å²) in [6.45, 7) is 4.22. The van der Waals surface area contributed by atoms with Crippen LogP contribution in [0.3, 0.4) is 0 Å². The van der Waals surface area contributed by atoms with E-state index < -0.39 is 0 Å². The predicted molar refractivity (Wildman–Crippen MR) is 139 cm³/mol. The summed E-state index contributed by atoms with van der Waals surface area (Å²) in [5, 5.41) is 4.32. The monoisotopic (exact) mass is 536 g/mol. The van der Waals surface area contributed by atoms with Crippen molar-refractivity contribution in [1.29, 1.82) is 0 Å². The quantitative estimate of drug-likeness (QED) is 0.283. The number of aromatic nitrogens is 1. The second kappa shape index (κ2) is 8.71. The van der Waals surface area contributed by atoms with Crippen molar-refractivity contribution in [2.75, 3.05) is 5.32 Å². The third kappa shape index (κ3) is 4.19. The number of rotatable bonds is 4. The minimum atomic E-state index is -0.347. The molecule has 4 aromatic rings. The average molecular weight is 538 g/mol. The van der Waals surface area contributed by atoms with E-state index in [4.69, 9.17) is 11.6 Å². The Bertz CT molecular complexity index is 1360. The molecule has 5 rings (SSSR count). The minimum Gasteiger partial charge on any atom is -0.376 e. The standard InChI is InChI=1S/C28H23BrClFN2O/c1-28(2)16-25(34)23-15-24(17-3-9-20(31)10-4-17)33(22-13-7-19(30)8-14-22)26(23)27(28)32-21-11-5-18(29)6-12-21/h3-15,27,32H,16H2,1-2H3. The molecule has 0 fully saturated rings. The lowest BCUT2D eigenvalue weighted by Crippen LogP contribution is -2.37. The van der Waals surface area contributed by atoms with E-state index in [1.807, 2.05) is 54.6 Å². The van der Waals surface area contributed by atoms with Crippen molar-refractivity contribution >= 4 is 39.0 Å². The van der Waals surface area contributed by atoms with Gasteiger partial charge >= 0.3 is 0 Å². The van der Waals surface area contributed by atoms with Gasteiger partial charge in [0.15, 0.2) is 5.78 Å². The first-order valence-corrected chi connectivity index (χ1v) is 12.2. The highest BCUT2D eigenvalue weighted by molar-refractivity contribution is 9.10. The van der Waals surface area contributed by atoms with Gasteiger partial charge in [0.2, 0.25) is 0 Å². The van der Waals surface area contributed by atoms with Crippen molar-refractivity contribution in [1.82, 2.24) is 4.57 Å². The van der Waals surface area contributed by atoms with E-state index in [1.54, 1.807) is 12.1 Å². The summed E-state index contributed by atoms with van der Waals surface area (Å²) < 4.78 is 16.8. The zero-order valence-electron chi connectivity index (χ0n) is 18.8. The van der Waals surface area contributed by atoms with Gasteiger partial charge in [-0.1, -0.05) is 41.4 Å². The molecule has 6 heteroatoms. The van der Waals surface area contributed by atoms with Gasteiger partial charge in [-0.05, 0) is 89.8 Å². The molecule has 3 aromatic carbocycles. The highest BCUT2D eigenvalue weighted by Crippen LogP contribution is 2.48. The van der Waals surface area contributed by atoms with Crippen LogP contribution in [0.25, 0.3) is 16.9 Å². The Balaban J connectivity index is 1.76. The van der Waals surface area contributed by atoms with Gasteiger partial charge in [-0.2, -0.15) is 0 Å². The van der Waals surface area contributed by atoms with Gasteiger partial charge < -0.3 is 9.88 Å². The second-order valence-corrected chi connectivity index (χ2v) is 10.7. The molecule has 0 bridgehead atoms. The highest BCUT2D eigenvalue weighted by atomic mass is 79.9. The number of anilines is 1. The molecule has 1 unspecified atom stereocenters. The first-order valence-electron chi connectivity index (χ1n) is 11.1. The molecule has 0 saturated heterocycles. The Labute approximate surface area is 211 Å². The molecular formula is C28H23BrClFN2O. The zero-order chi connectivity index (χ0) is 24.0. The van der Waals surface area contributed by atoms with Crippen molar-refractivity contribution in [2.24, 2.45) is 5.41 Å². The molecule has 0 saturated carbocycles. The van der Waals surface area contributed by atoms with Crippen molar-refractivity contribution in [2.45, 2.75) is 26.3 Å². The third-order valence-electron chi connectivity index (χ3n) is 6.39. The molecule has 1 heterocycles. The van der Waals surface area contributed by atoms with E-state index in [0.717, 1.165) is 32.8 Å². The number of nitrogens with one attached hydrogen (secondary N) is 1. The summed E-state index contributed by atoms with van der Waals surface area (Å²) in [4.78, 5) is 13.4. The van der Waals surface area contributed by atoms with Gasteiger partial charge in [0.25, 0.3) is 0 Å². The number of halogens is 3. The van der Waals surface area contributed by atoms with Crippen LogP contribution in [-0.4, -0.2) is 10.4 Å². The largest absolute Gasteiger partial charge is 0.376 e. The number of nitrogens with zero attached hydrogens (tertiary/aromatic N) is 1. The van der Waals surface area contributed by atoms with Crippen LogP contribution in [0.15, 0.2) is 83.3 Å². The molecule has 1 N–H and O–H groups in total. The lowest BCUT2D eigenvalue weighted by atomic mass is 9.72. The maximum Gasteiger partial charge on any atom is 0.165 e. The fourth-order valence-electron chi connectivity index (χ4n) is 4.69. The van der Waals surface area contributed by atoms with Gasteiger partial charge in [-0.15, -0.1) is 0 Å². The molecule has 0 radical (unpaired) electrons. The maximum atomic E-state index is 13.7. The normalized spacial score (nSPS) is 16.9. The highest BCUT2D eigenvalue weighted by Gasteiger charge is 2.43. The minimum absolute atomic E-state index is 0.102. The number of hydrogen-bond donors (Lipinski definition) is 1. The maximum absolute atomic E-state index is 13.7. The number of benzene rings is 3. The van der Waals surface area contributed by atoms with Gasteiger partial charge in [0, 0.05) is 32.9 Å². The van der Waals surface area contributed by atoms with Gasteiger partial charge in [0.1, 0.15) is 5.82 Å². The second-order valence-electron chi connectivity index (χ2n) is 9.32. The number of hydrogen-bond acceptors (Lipinski definition) is 2. The molecule has 0 aliphatic heterocycles. The Morgan fingerprint density at radius 2 is 1.65 bits per heavy atom. The topological polar surface area (TPSA) is 34.0 Å². The van der Waals surface area contributed by atoms with Crippen LogP contribution in [0.1, 0.15) is 42.4 Å². The summed E-state index contributed by atoms with van der Waals surface area (Å²) >= 11 is 9.68. The van der Waals surface area contributed by atoms with Crippen molar-refractivity contribution in [3.8, 4) is 16.9 Å². The van der Waals surface area contributed by atoms with Crippen molar-refractivity contribution < 1.29 is 9.18 Å². The molecule has 1 aromatic heterocycles. The molecule has 1 aliphatic rings. The molecule has 0 spiro atoms. The summed E-state index contributed by atoms with van der Waals surface area (Å²) in [5.41, 5.74) is 4.75. The Morgan fingerprint density at radius 3 is 2.29 bits per heavy atom. The summed E-state index contributed by atoms with van der Waals surface area (Å²) in [6.07, 6.45) is 0.418. The fourth-order valence-corrected chi connectivity index (χ4v) is 5.08. The summed E-state index contributed by atoms with van der Waals surface area (Å²) in [6, 6.07) is 23.7. The van der Waals surface area contributed by atoms with Crippen LogP contribution < -0.4 is 5.32 Å². The molecule has 3 nitrogen and oxygen atoms in total. The van der Waals surface area contributed by atoms with E-state index in [1.165, 1.54) is 12.1 Å². The van der Waals surface area contributed by atoms with Gasteiger partial charge in [-0.3, -0.25) is 4.79 Å². The SMILES string of the molecule is CC1(C)CC(=O)c2cc(-c3ccc(F)cc3)n(-c3ccc(Cl)cc3)c2C1Nc1ccc(Br)cc1. The van der Waals surface area contributed by atoms with E-state index >= 15 is 0 Å². The molecule has 0 amide bonds. The van der Waals surface area contributed by atoms with E-state index in [0.29, 0.717) is 17.0 Å². The van der Waals surface area contributed by atoms with Crippen LogP contribution in [0.5, 0.6) is 0 Å². The summed E-state index contributed by atoms with van der Waals surface area (Å²) in [7, 11) is 0. The van der Waals surface area contributed by atoms with Crippen molar-refractivity contribution in [3.63, 3.8) is 0 Å². The number of carbonyl (C=O) groups is 1. The van der Waals surface area contributed by atoms with E-state index in [-0.39, 0.29) is 23.1 Å². The zero-order valence-corrected chi connectivity index (χ0v) is 21.1. The number of carbonyl (C=O) groups excluding carboxylic acids is 1. The molecule has 1 aliphatic carbocycles. The van der Waals surface area contributed by atoms with Crippen LogP contribution in [0, 0.1) is 11.2 Å². The Morgan fingerprint density at radius 1 is 1.00 bits per heavy atom. The van der Waals surface area contributed by atoms with E-state index in [2.05, 4.69) is 39.7 Å². The van der Waals surface area contributed by atoms with E-state index in [9.17, 15) is 9.18 Å². The van der Waals surface area contributed by atoms with Crippen LogP contribution >= 0.6 is 27.5 Å². The van der Waals surface area contributed by atoms with Gasteiger partial charge in [0.05, 0.1) is 17.4 Å². The van der Waals surface area contributed by atoms with Crippen LogP contribution in [0.4, 0.5) is 10.1 Å². The third-order valence-corrected chi connectivity index (χ3v) is 7.17. The van der Waals surface area contributed by atoms with Crippen LogP contribution in [-0.2, 0) is 0 Å². The number of ketones is 1. The first-order chi connectivity index (χ1) is 16.2. The number of Topliss-reactive ketones (excluding diaryl/α,β-unsaturated/α-hetero) is 1. The van der Waals surface area contributed by atoms with Crippen molar-refractivity contribution in [3.05, 3.63) is 105 Å². The molecule has 34 heavy (non-hydrogen) atoms. The Hall–Kier alpha value is -2.89. The lowest BCUT2D eigenvalue weighted by Gasteiger charge is -2.40. The summed E-state index contributed by atoms with van der Waals surface area (Å²) in [5.74, 6) is -0.199.